The molecule has 0 spiro atoms. The van der Waals surface area contributed by atoms with E-state index in [1.165, 1.54) is 22.1 Å². The molecule has 0 saturated carbocycles. The van der Waals surface area contributed by atoms with Crippen LogP contribution in [0.5, 0.6) is 0 Å². The molecule has 1 aromatic carbocycles. The smallest absolute Gasteiger partial charge is 0.306 e. The zero-order valence-electron chi connectivity index (χ0n) is 15.0. The number of pyridine rings is 2. The number of H-pyrrole nitrogens is 2. The summed E-state index contributed by atoms with van der Waals surface area (Å²) in [5.74, 6) is 0. The first-order valence-electron chi connectivity index (χ1n) is 8.78. The van der Waals surface area contributed by atoms with Gasteiger partial charge in [0, 0.05) is 18.0 Å². The number of aryl methyl sites for hydroxylation is 1. The van der Waals surface area contributed by atoms with Crippen molar-refractivity contribution in [2.75, 3.05) is 0 Å². The number of fused-ring (bicyclic) bond motifs is 2. The van der Waals surface area contributed by atoms with Gasteiger partial charge in [0.15, 0.2) is 0 Å². The standard InChI is InChI=1S/C20H15N5O2S/c1-12-18-15(10-17(26)24(12)11-13-6-4-5-9-21-13)23-25(19(18)27)20-22-14-7-2-3-8-16(14)28-20/h2-10,23H,11H2,1H3/p+1. The quantitative estimate of drug-likeness (QED) is 0.513. The average molecular weight is 390 g/mol. The molecule has 0 aliphatic rings. The fourth-order valence-electron chi connectivity index (χ4n) is 3.41. The van der Waals surface area contributed by atoms with Crippen LogP contribution in [0.3, 0.4) is 0 Å². The number of thiazole rings is 1. The molecule has 0 saturated heterocycles. The first-order chi connectivity index (χ1) is 13.6. The molecule has 5 rings (SSSR count). The van der Waals surface area contributed by atoms with E-state index in [0.29, 0.717) is 28.3 Å². The monoisotopic (exact) mass is 390 g/mol. The van der Waals surface area contributed by atoms with Gasteiger partial charge in [-0.2, -0.15) is 0 Å². The summed E-state index contributed by atoms with van der Waals surface area (Å²) in [6, 6.07) is 14.9. The van der Waals surface area contributed by atoms with Gasteiger partial charge in [0.05, 0.1) is 22.5 Å². The first-order valence-corrected chi connectivity index (χ1v) is 9.60. The lowest BCUT2D eigenvalue weighted by Gasteiger charge is -2.08. The highest BCUT2D eigenvalue weighted by Gasteiger charge is 2.22. The Morgan fingerprint density at radius 3 is 2.75 bits per heavy atom. The van der Waals surface area contributed by atoms with Crippen LogP contribution in [0.2, 0.25) is 0 Å². The lowest BCUT2D eigenvalue weighted by atomic mass is 10.2. The normalized spacial score (nSPS) is 11.5. The van der Waals surface area contributed by atoms with Crippen LogP contribution in [0.25, 0.3) is 26.3 Å². The summed E-state index contributed by atoms with van der Waals surface area (Å²) in [4.78, 5) is 33.3. The van der Waals surface area contributed by atoms with Gasteiger partial charge in [-0.3, -0.25) is 9.78 Å². The highest BCUT2D eigenvalue weighted by Crippen LogP contribution is 2.21. The lowest BCUT2D eigenvalue weighted by Crippen LogP contribution is -2.24. The maximum Gasteiger partial charge on any atom is 0.369 e. The molecule has 0 unspecified atom stereocenters. The van der Waals surface area contributed by atoms with Crippen molar-refractivity contribution in [3.05, 3.63) is 86.8 Å². The van der Waals surface area contributed by atoms with Crippen LogP contribution in [-0.4, -0.2) is 19.3 Å². The largest absolute Gasteiger partial charge is 0.369 e. The minimum atomic E-state index is -0.190. The van der Waals surface area contributed by atoms with Gasteiger partial charge in [-0.15, -0.1) is 0 Å². The van der Waals surface area contributed by atoms with Gasteiger partial charge >= 0.3 is 10.7 Å². The second-order valence-corrected chi connectivity index (χ2v) is 7.58. The summed E-state index contributed by atoms with van der Waals surface area (Å²) in [5.41, 5.74) is 2.50. The van der Waals surface area contributed by atoms with Crippen LogP contribution in [-0.2, 0) is 6.54 Å². The molecular weight excluding hydrogens is 374 g/mol. The molecule has 5 aromatic rings. The van der Waals surface area contributed by atoms with Crippen LogP contribution in [0.1, 0.15) is 11.4 Å². The second kappa shape index (κ2) is 6.28. The molecule has 7 nitrogen and oxygen atoms in total. The predicted molar refractivity (Wildman–Crippen MR) is 108 cm³/mol. The van der Waals surface area contributed by atoms with E-state index in [1.807, 2.05) is 42.5 Å². The van der Waals surface area contributed by atoms with Gasteiger partial charge < -0.3 is 4.57 Å². The minimum absolute atomic E-state index is 0.177. The minimum Gasteiger partial charge on any atom is -0.306 e. The molecule has 138 valence electrons. The van der Waals surface area contributed by atoms with Crippen molar-refractivity contribution in [1.29, 1.82) is 0 Å². The third kappa shape index (κ3) is 2.57. The van der Waals surface area contributed by atoms with E-state index in [-0.39, 0.29) is 11.1 Å². The van der Waals surface area contributed by atoms with Crippen molar-refractivity contribution in [3.63, 3.8) is 0 Å². The summed E-state index contributed by atoms with van der Waals surface area (Å²) in [6.45, 7) is 2.11. The number of para-hydroxylation sites is 1. The van der Waals surface area contributed by atoms with Crippen molar-refractivity contribution in [2.24, 2.45) is 0 Å². The van der Waals surface area contributed by atoms with Crippen LogP contribution in [0.15, 0.2) is 64.3 Å². The van der Waals surface area contributed by atoms with E-state index < -0.39 is 0 Å². The van der Waals surface area contributed by atoms with Crippen molar-refractivity contribution >= 4 is 32.5 Å². The molecule has 0 aliphatic heterocycles. The molecule has 0 atom stereocenters. The molecule has 4 heterocycles. The Bertz CT molecular complexity index is 1410. The Morgan fingerprint density at radius 2 is 1.96 bits per heavy atom. The van der Waals surface area contributed by atoms with Gasteiger partial charge in [-0.05, 0) is 42.5 Å². The number of rotatable bonds is 3. The molecule has 0 fully saturated rings. The Morgan fingerprint density at radius 1 is 1.14 bits per heavy atom. The maximum atomic E-state index is 13.1. The molecule has 28 heavy (non-hydrogen) atoms. The summed E-state index contributed by atoms with van der Waals surface area (Å²) < 4.78 is 4.10. The van der Waals surface area contributed by atoms with Crippen molar-refractivity contribution < 1.29 is 4.98 Å². The van der Waals surface area contributed by atoms with Crippen LogP contribution in [0, 0.1) is 6.92 Å². The Hall–Kier alpha value is -3.52. The van der Waals surface area contributed by atoms with Crippen LogP contribution >= 0.6 is 11.3 Å². The number of nitrogens with one attached hydrogen (secondary N) is 2. The number of hydrogen-bond donors (Lipinski definition) is 1. The molecule has 2 N–H and O–H groups in total. The van der Waals surface area contributed by atoms with Gasteiger partial charge in [0.1, 0.15) is 10.9 Å². The van der Waals surface area contributed by atoms with Gasteiger partial charge in [-0.25, -0.2) is 14.9 Å². The average Bonchev–Trinajstić information content (AvgIpc) is 3.27. The number of hydrogen-bond acceptors (Lipinski definition) is 4. The van der Waals surface area contributed by atoms with E-state index in [2.05, 4.69) is 15.1 Å². The number of nitrogens with zero attached hydrogens (tertiary/aromatic N) is 3. The summed E-state index contributed by atoms with van der Waals surface area (Å²) in [5, 5.41) is 4.24. The molecular formula is C20H16N5O2S+. The van der Waals surface area contributed by atoms with Crippen LogP contribution in [0.4, 0.5) is 0 Å². The summed E-state index contributed by atoms with van der Waals surface area (Å²) in [6.07, 6.45) is 1.69. The predicted octanol–water partition coefficient (Wildman–Crippen LogP) is 2.26. The topological polar surface area (TPSA) is 86.8 Å². The van der Waals surface area contributed by atoms with E-state index in [1.54, 1.807) is 17.7 Å². The second-order valence-electron chi connectivity index (χ2n) is 6.54. The Balaban J connectivity index is 1.70. The SMILES string of the molecule is Cc1c2c(=O)n(-c3[nH+]c4ccccc4s3)[nH]c2cc(=O)n1Cc1ccccn1. The molecule has 0 bridgehead atoms. The van der Waals surface area contributed by atoms with E-state index >= 15 is 0 Å². The maximum absolute atomic E-state index is 13.1. The Kier molecular flexibility index (Phi) is 3.73. The lowest BCUT2D eigenvalue weighted by molar-refractivity contribution is -0.334. The highest BCUT2D eigenvalue weighted by molar-refractivity contribution is 7.20. The summed E-state index contributed by atoms with van der Waals surface area (Å²) >= 11 is 1.48. The van der Waals surface area contributed by atoms with Crippen LogP contribution < -0.4 is 16.1 Å². The molecule has 0 amide bonds. The van der Waals surface area contributed by atoms with E-state index in [0.717, 1.165) is 15.9 Å². The number of aromatic nitrogens is 5. The third-order valence-electron chi connectivity index (χ3n) is 4.80. The van der Waals surface area contributed by atoms with Crippen molar-refractivity contribution in [3.8, 4) is 5.13 Å². The van der Waals surface area contributed by atoms with E-state index in [4.69, 9.17) is 0 Å². The zero-order valence-corrected chi connectivity index (χ0v) is 15.8. The number of aromatic amines is 2. The van der Waals surface area contributed by atoms with Gasteiger partial charge in [0.2, 0.25) is 0 Å². The van der Waals surface area contributed by atoms with Crippen molar-refractivity contribution in [2.45, 2.75) is 13.5 Å². The fourth-order valence-corrected chi connectivity index (χ4v) is 4.37. The molecule has 0 aliphatic carbocycles. The van der Waals surface area contributed by atoms with Crippen molar-refractivity contribution in [1.82, 2.24) is 19.3 Å². The Labute approximate surface area is 162 Å². The summed E-state index contributed by atoms with van der Waals surface area (Å²) in [7, 11) is 0. The van der Waals surface area contributed by atoms with Gasteiger partial charge in [0.25, 0.3) is 5.56 Å². The van der Waals surface area contributed by atoms with Gasteiger partial charge in [-0.1, -0.05) is 22.9 Å². The zero-order chi connectivity index (χ0) is 19.3. The molecule has 0 radical (unpaired) electrons. The molecule has 4 aromatic heterocycles. The number of benzene rings is 1. The van der Waals surface area contributed by atoms with E-state index in [9.17, 15) is 9.59 Å². The highest BCUT2D eigenvalue weighted by atomic mass is 32.1. The first kappa shape index (κ1) is 16.6. The third-order valence-corrected chi connectivity index (χ3v) is 5.86. The molecule has 8 heteroatoms. The fraction of sp³-hybridized carbons (Fsp3) is 0.100.